The fourth-order valence-electron chi connectivity index (χ4n) is 2.06. The summed E-state index contributed by atoms with van der Waals surface area (Å²) < 4.78 is 10.8. The minimum atomic E-state index is -0.210. The number of nitrogens with zero attached hydrogens (tertiary/aromatic N) is 1. The van der Waals surface area contributed by atoms with Crippen molar-refractivity contribution in [3.8, 4) is 0 Å². The van der Waals surface area contributed by atoms with Crippen LogP contribution in [0.1, 0.15) is 55.5 Å². The van der Waals surface area contributed by atoms with Crippen molar-refractivity contribution >= 4 is 11.9 Å². The van der Waals surface area contributed by atoms with Gasteiger partial charge >= 0.3 is 0 Å². The van der Waals surface area contributed by atoms with Crippen LogP contribution in [0, 0.1) is 6.92 Å². The molecule has 0 spiro atoms. The van der Waals surface area contributed by atoms with Crippen molar-refractivity contribution in [1.82, 2.24) is 5.32 Å². The molecule has 0 fully saturated rings. The highest BCUT2D eigenvalue weighted by atomic mass is 16.5. The molecule has 0 unspecified atom stereocenters. The number of aliphatic imine (C=N–C) groups is 1. The van der Waals surface area contributed by atoms with Crippen LogP contribution in [0.4, 0.5) is 0 Å². The first kappa shape index (κ1) is 20.2. The van der Waals surface area contributed by atoms with Crippen LogP contribution in [0.3, 0.4) is 0 Å². The number of hydrogen-bond donors (Lipinski definition) is 1. The van der Waals surface area contributed by atoms with E-state index in [9.17, 15) is 4.79 Å². The van der Waals surface area contributed by atoms with Crippen molar-refractivity contribution < 1.29 is 14.3 Å². The molecule has 1 amide bonds. The van der Waals surface area contributed by atoms with E-state index in [0.29, 0.717) is 31.9 Å². The topological polar surface area (TPSA) is 59.9 Å². The second-order valence-corrected chi connectivity index (χ2v) is 5.61. The standard InChI is InChI=1S/C19H30N2O3/c1-4-6-7-8-13-20-19(24-15-14-23-5-2)21-18(22)17-11-9-16(3)10-12-17/h9-12H,4-8,13-15H2,1-3H3,(H,20,21,22). The zero-order valence-electron chi connectivity index (χ0n) is 15.1. The molecule has 0 radical (unpaired) electrons. The molecule has 1 rings (SSSR count). The zero-order valence-corrected chi connectivity index (χ0v) is 15.1. The number of nitrogens with one attached hydrogen (secondary N) is 1. The molecule has 0 aliphatic carbocycles. The highest BCUT2D eigenvalue weighted by molar-refractivity contribution is 6.04. The summed E-state index contributed by atoms with van der Waals surface area (Å²) in [6.07, 6.45) is 4.52. The molecule has 0 aliphatic heterocycles. The summed E-state index contributed by atoms with van der Waals surface area (Å²) in [6.45, 7) is 8.24. The quantitative estimate of drug-likeness (QED) is 0.403. The van der Waals surface area contributed by atoms with E-state index in [4.69, 9.17) is 9.47 Å². The highest BCUT2D eigenvalue weighted by Crippen LogP contribution is 2.03. The van der Waals surface area contributed by atoms with Gasteiger partial charge in [-0.2, -0.15) is 0 Å². The fourth-order valence-corrected chi connectivity index (χ4v) is 2.06. The van der Waals surface area contributed by atoms with E-state index in [2.05, 4.69) is 17.2 Å². The lowest BCUT2D eigenvalue weighted by Crippen LogP contribution is -2.33. The second kappa shape index (κ2) is 12.5. The fraction of sp³-hybridized carbons (Fsp3) is 0.579. The summed E-state index contributed by atoms with van der Waals surface area (Å²) >= 11 is 0. The summed E-state index contributed by atoms with van der Waals surface area (Å²) in [6, 6.07) is 7.68. The number of aryl methyl sites for hydroxylation is 1. The Labute approximate surface area is 145 Å². The van der Waals surface area contributed by atoms with Crippen molar-refractivity contribution in [2.75, 3.05) is 26.4 Å². The van der Waals surface area contributed by atoms with Crippen LogP contribution in [-0.2, 0) is 9.47 Å². The zero-order chi connectivity index (χ0) is 17.6. The summed E-state index contributed by atoms with van der Waals surface area (Å²) in [5.41, 5.74) is 1.71. The molecule has 134 valence electrons. The molecular weight excluding hydrogens is 304 g/mol. The van der Waals surface area contributed by atoms with E-state index in [1.54, 1.807) is 12.1 Å². The SMILES string of the molecule is CCCCCCN=C(NC(=O)c1ccc(C)cc1)OCCOCC. The van der Waals surface area contributed by atoms with Crippen molar-refractivity contribution in [2.24, 2.45) is 4.99 Å². The summed E-state index contributed by atoms with van der Waals surface area (Å²) in [5.74, 6) is -0.210. The number of ether oxygens (including phenoxy) is 2. The smallest absolute Gasteiger partial charge is 0.291 e. The number of carbonyl (C=O) groups is 1. The van der Waals surface area contributed by atoms with Crippen molar-refractivity contribution in [2.45, 2.75) is 46.5 Å². The maximum atomic E-state index is 12.3. The first-order valence-electron chi connectivity index (χ1n) is 8.80. The predicted molar refractivity (Wildman–Crippen MR) is 97.5 cm³/mol. The average molecular weight is 334 g/mol. The van der Waals surface area contributed by atoms with Crippen LogP contribution in [0.15, 0.2) is 29.3 Å². The first-order valence-corrected chi connectivity index (χ1v) is 8.80. The number of unbranched alkanes of at least 4 members (excludes halogenated alkanes) is 3. The number of carbonyl (C=O) groups excluding carboxylic acids is 1. The Kier molecular flexibility index (Phi) is 10.5. The van der Waals surface area contributed by atoms with Crippen molar-refractivity contribution in [3.63, 3.8) is 0 Å². The van der Waals surface area contributed by atoms with Crippen LogP contribution >= 0.6 is 0 Å². The van der Waals surface area contributed by atoms with Gasteiger partial charge in [0.15, 0.2) is 0 Å². The third kappa shape index (κ3) is 8.67. The second-order valence-electron chi connectivity index (χ2n) is 5.61. The van der Waals surface area contributed by atoms with Gasteiger partial charge in [0, 0.05) is 18.7 Å². The summed E-state index contributed by atoms with van der Waals surface area (Å²) in [4.78, 5) is 16.7. The van der Waals surface area contributed by atoms with Gasteiger partial charge in [0.1, 0.15) is 6.61 Å². The van der Waals surface area contributed by atoms with E-state index >= 15 is 0 Å². The van der Waals surface area contributed by atoms with Gasteiger partial charge in [0.25, 0.3) is 11.9 Å². The van der Waals surface area contributed by atoms with E-state index < -0.39 is 0 Å². The van der Waals surface area contributed by atoms with Crippen LogP contribution in [0.2, 0.25) is 0 Å². The number of benzene rings is 1. The Balaban J connectivity index is 2.56. The molecule has 1 aromatic carbocycles. The van der Waals surface area contributed by atoms with E-state index in [1.165, 1.54) is 12.8 Å². The number of hydrogen-bond acceptors (Lipinski definition) is 4. The molecule has 0 aliphatic rings. The molecule has 24 heavy (non-hydrogen) atoms. The van der Waals surface area contributed by atoms with Crippen LogP contribution in [-0.4, -0.2) is 38.3 Å². The molecule has 1 N–H and O–H groups in total. The van der Waals surface area contributed by atoms with Crippen LogP contribution < -0.4 is 5.32 Å². The van der Waals surface area contributed by atoms with Crippen molar-refractivity contribution in [1.29, 1.82) is 0 Å². The molecule has 0 saturated heterocycles. The average Bonchev–Trinajstić information content (AvgIpc) is 2.58. The Morgan fingerprint density at radius 3 is 2.50 bits per heavy atom. The lowest BCUT2D eigenvalue weighted by molar-refractivity contribution is 0.0922. The Morgan fingerprint density at radius 2 is 1.83 bits per heavy atom. The number of rotatable bonds is 10. The Bertz CT molecular complexity index is 498. The Morgan fingerprint density at radius 1 is 1.08 bits per heavy atom. The van der Waals surface area contributed by atoms with Gasteiger partial charge in [0.05, 0.1) is 6.61 Å². The number of amidine groups is 1. The monoisotopic (exact) mass is 334 g/mol. The lowest BCUT2D eigenvalue weighted by atomic mass is 10.1. The van der Waals surface area contributed by atoms with Gasteiger partial charge < -0.3 is 9.47 Å². The van der Waals surface area contributed by atoms with E-state index in [-0.39, 0.29) is 11.9 Å². The van der Waals surface area contributed by atoms with E-state index in [1.807, 2.05) is 26.0 Å². The van der Waals surface area contributed by atoms with E-state index in [0.717, 1.165) is 18.4 Å². The molecule has 0 aromatic heterocycles. The van der Waals surface area contributed by atoms with Gasteiger partial charge in [-0.3, -0.25) is 10.1 Å². The molecule has 0 saturated carbocycles. The van der Waals surface area contributed by atoms with Gasteiger partial charge in [-0.15, -0.1) is 0 Å². The molecule has 0 heterocycles. The Hall–Kier alpha value is -1.88. The molecule has 0 bridgehead atoms. The van der Waals surface area contributed by atoms with Gasteiger partial charge in [-0.25, -0.2) is 4.99 Å². The van der Waals surface area contributed by atoms with Gasteiger partial charge in [0.2, 0.25) is 0 Å². The molecule has 0 atom stereocenters. The van der Waals surface area contributed by atoms with Gasteiger partial charge in [-0.1, -0.05) is 43.9 Å². The third-order valence-corrected chi connectivity index (χ3v) is 3.47. The van der Waals surface area contributed by atoms with Crippen LogP contribution in [0.5, 0.6) is 0 Å². The summed E-state index contributed by atoms with van der Waals surface area (Å²) in [5, 5.41) is 2.75. The lowest BCUT2D eigenvalue weighted by Gasteiger charge is -2.11. The minimum Gasteiger partial charge on any atom is -0.463 e. The normalized spacial score (nSPS) is 11.4. The largest absolute Gasteiger partial charge is 0.463 e. The maximum Gasteiger partial charge on any atom is 0.291 e. The molecule has 5 nitrogen and oxygen atoms in total. The summed E-state index contributed by atoms with van der Waals surface area (Å²) in [7, 11) is 0. The number of amides is 1. The predicted octanol–water partition coefficient (Wildman–Crippen LogP) is 3.71. The minimum absolute atomic E-state index is 0.210. The highest BCUT2D eigenvalue weighted by Gasteiger charge is 2.09. The molecule has 5 heteroatoms. The van der Waals surface area contributed by atoms with Gasteiger partial charge in [-0.05, 0) is 32.4 Å². The van der Waals surface area contributed by atoms with Crippen LogP contribution in [0.25, 0.3) is 0 Å². The maximum absolute atomic E-state index is 12.3. The molecular formula is C19H30N2O3. The molecule has 1 aromatic rings. The first-order chi connectivity index (χ1) is 11.7. The third-order valence-electron chi connectivity index (χ3n) is 3.47. The van der Waals surface area contributed by atoms with Crippen molar-refractivity contribution in [3.05, 3.63) is 35.4 Å².